The van der Waals surface area contributed by atoms with Crippen molar-refractivity contribution in [1.29, 1.82) is 0 Å². The van der Waals surface area contributed by atoms with Crippen LogP contribution in [0.2, 0.25) is 10.0 Å². The van der Waals surface area contributed by atoms with Crippen LogP contribution < -0.4 is 0 Å². The van der Waals surface area contributed by atoms with Gasteiger partial charge < -0.3 is 19.5 Å². The molecular formula is C17H19Cl2NO5. The van der Waals surface area contributed by atoms with Crippen LogP contribution in [0.3, 0.4) is 0 Å². The second-order valence-corrected chi connectivity index (χ2v) is 6.27. The van der Waals surface area contributed by atoms with Gasteiger partial charge in [0, 0.05) is 25.1 Å². The number of amides is 1. The van der Waals surface area contributed by atoms with Crippen LogP contribution >= 0.6 is 23.2 Å². The third kappa shape index (κ3) is 5.36. The Balaban J connectivity index is 2.31. The van der Waals surface area contributed by atoms with Crippen LogP contribution in [-0.2, 0) is 14.3 Å². The molecule has 0 saturated carbocycles. The third-order valence-corrected chi connectivity index (χ3v) is 4.58. The largest absolute Gasteiger partial charge is 0.465 e. The van der Waals surface area contributed by atoms with Crippen molar-refractivity contribution < 1.29 is 24.2 Å². The van der Waals surface area contributed by atoms with Crippen molar-refractivity contribution in [3.05, 3.63) is 46.0 Å². The summed E-state index contributed by atoms with van der Waals surface area (Å²) in [4.78, 5) is 24.3. The lowest BCUT2D eigenvalue weighted by molar-refractivity contribution is -0.137. The minimum Gasteiger partial charge on any atom is -0.465 e. The fraction of sp³-hybridized carbons (Fsp3) is 0.412. The molecule has 1 saturated heterocycles. The lowest BCUT2D eigenvalue weighted by Crippen LogP contribution is -2.35. The van der Waals surface area contributed by atoms with E-state index in [1.54, 1.807) is 31.2 Å². The molecule has 2 rings (SSSR count). The second kappa shape index (κ2) is 9.08. The van der Waals surface area contributed by atoms with Crippen LogP contribution in [-0.4, -0.2) is 54.5 Å². The summed E-state index contributed by atoms with van der Waals surface area (Å²) in [7, 11) is 0. The highest BCUT2D eigenvalue weighted by molar-refractivity contribution is 6.42. The smallest absolute Gasteiger partial charge is 0.407 e. The van der Waals surface area contributed by atoms with Gasteiger partial charge in [0.1, 0.15) is 0 Å². The molecule has 8 heteroatoms. The predicted octanol–water partition coefficient (Wildman–Crippen LogP) is 3.58. The van der Waals surface area contributed by atoms with Gasteiger partial charge in [-0.15, -0.1) is 0 Å². The summed E-state index contributed by atoms with van der Waals surface area (Å²) in [5.74, 6) is -0.808. The van der Waals surface area contributed by atoms with Crippen molar-refractivity contribution in [2.45, 2.75) is 18.9 Å². The van der Waals surface area contributed by atoms with E-state index < -0.39 is 18.2 Å². The molecule has 0 aliphatic carbocycles. The lowest BCUT2D eigenvalue weighted by atomic mass is 9.92. The van der Waals surface area contributed by atoms with E-state index in [-0.39, 0.29) is 32.2 Å². The highest BCUT2D eigenvalue weighted by Gasteiger charge is 2.30. The SMILES string of the molecule is CCOC(=O)/C=C/C1OCCN(C(=O)O)CC1c1ccc(Cl)c(Cl)c1. The van der Waals surface area contributed by atoms with E-state index in [1.807, 2.05) is 0 Å². The molecular weight excluding hydrogens is 369 g/mol. The van der Waals surface area contributed by atoms with Crippen LogP contribution in [0.1, 0.15) is 18.4 Å². The Labute approximate surface area is 155 Å². The van der Waals surface area contributed by atoms with E-state index >= 15 is 0 Å². The normalized spacial score (nSPS) is 21.2. The van der Waals surface area contributed by atoms with Gasteiger partial charge in [0.15, 0.2) is 0 Å². The van der Waals surface area contributed by atoms with Gasteiger partial charge in [-0.25, -0.2) is 9.59 Å². The van der Waals surface area contributed by atoms with E-state index in [0.717, 1.165) is 5.56 Å². The Kier molecular flexibility index (Phi) is 7.11. The molecule has 1 aliphatic rings. The number of carbonyl (C=O) groups excluding carboxylic acids is 1. The molecule has 0 radical (unpaired) electrons. The summed E-state index contributed by atoms with van der Waals surface area (Å²) < 4.78 is 10.6. The lowest BCUT2D eigenvalue weighted by Gasteiger charge is -2.25. The summed E-state index contributed by atoms with van der Waals surface area (Å²) >= 11 is 12.1. The zero-order chi connectivity index (χ0) is 18.4. The zero-order valence-electron chi connectivity index (χ0n) is 13.7. The van der Waals surface area contributed by atoms with Crippen LogP contribution in [0.5, 0.6) is 0 Å². The highest BCUT2D eigenvalue weighted by Crippen LogP contribution is 2.31. The van der Waals surface area contributed by atoms with Crippen LogP contribution in [0.4, 0.5) is 4.79 Å². The van der Waals surface area contributed by atoms with Crippen molar-refractivity contribution in [2.75, 3.05) is 26.3 Å². The first kappa shape index (κ1) is 19.6. The van der Waals surface area contributed by atoms with Gasteiger partial charge >= 0.3 is 12.1 Å². The van der Waals surface area contributed by atoms with Crippen molar-refractivity contribution in [2.24, 2.45) is 0 Å². The Morgan fingerprint density at radius 2 is 2.16 bits per heavy atom. The average Bonchev–Trinajstić information content (AvgIpc) is 2.78. The van der Waals surface area contributed by atoms with Crippen LogP contribution in [0.15, 0.2) is 30.4 Å². The van der Waals surface area contributed by atoms with Crippen molar-refractivity contribution in [3.63, 3.8) is 0 Å². The molecule has 1 aromatic rings. The summed E-state index contributed by atoms with van der Waals surface area (Å²) in [6, 6.07) is 5.12. The maximum atomic E-state index is 11.6. The van der Waals surface area contributed by atoms with E-state index in [0.29, 0.717) is 10.0 Å². The average molecular weight is 388 g/mol. The van der Waals surface area contributed by atoms with Gasteiger partial charge in [0.2, 0.25) is 0 Å². The molecule has 0 aromatic heterocycles. The molecule has 136 valence electrons. The van der Waals surface area contributed by atoms with Gasteiger partial charge in [0.25, 0.3) is 0 Å². The number of halogens is 2. The minimum atomic E-state index is -1.02. The van der Waals surface area contributed by atoms with E-state index in [2.05, 4.69) is 0 Å². The number of esters is 1. The maximum absolute atomic E-state index is 11.6. The summed E-state index contributed by atoms with van der Waals surface area (Å²) in [5.41, 5.74) is 0.779. The molecule has 2 atom stereocenters. The molecule has 6 nitrogen and oxygen atoms in total. The number of nitrogens with zero attached hydrogens (tertiary/aromatic N) is 1. The second-order valence-electron chi connectivity index (χ2n) is 5.46. The number of benzene rings is 1. The maximum Gasteiger partial charge on any atom is 0.407 e. The summed E-state index contributed by atoms with van der Waals surface area (Å²) in [6.07, 6.45) is 1.38. The molecule has 1 aliphatic heterocycles. The first-order valence-electron chi connectivity index (χ1n) is 7.81. The Morgan fingerprint density at radius 3 is 2.80 bits per heavy atom. The molecule has 1 amide bonds. The van der Waals surface area contributed by atoms with Crippen LogP contribution in [0, 0.1) is 0 Å². The molecule has 1 fully saturated rings. The van der Waals surface area contributed by atoms with Gasteiger partial charge in [-0.05, 0) is 30.7 Å². The van der Waals surface area contributed by atoms with Gasteiger partial charge in [-0.1, -0.05) is 29.3 Å². The molecule has 0 bridgehead atoms. The minimum absolute atomic E-state index is 0.213. The first-order valence-corrected chi connectivity index (χ1v) is 8.57. The van der Waals surface area contributed by atoms with E-state index in [1.165, 1.54) is 11.0 Å². The standard InChI is InChI=1S/C17H19Cl2NO5/c1-2-24-16(21)6-5-15-12(10-20(17(22)23)7-8-25-15)11-3-4-13(18)14(19)9-11/h3-6,9,12,15H,2,7-8,10H2,1H3,(H,22,23)/b6-5+. The van der Waals surface area contributed by atoms with Crippen molar-refractivity contribution in [1.82, 2.24) is 4.90 Å². The van der Waals surface area contributed by atoms with Crippen molar-refractivity contribution >= 4 is 35.3 Å². The predicted molar refractivity (Wildman–Crippen MR) is 94.3 cm³/mol. The number of hydrogen-bond acceptors (Lipinski definition) is 4. The molecule has 25 heavy (non-hydrogen) atoms. The monoisotopic (exact) mass is 387 g/mol. The van der Waals surface area contributed by atoms with Gasteiger partial charge in [-0.3, -0.25) is 0 Å². The van der Waals surface area contributed by atoms with Gasteiger partial charge in [-0.2, -0.15) is 0 Å². The molecule has 0 spiro atoms. The fourth-order valence-corrected chi connectivity index (χ4v) is 2.92. The number of carboxylic acid groups (broad SMARTS) is 1. The molecule has 1 N–H and O–H groups in total. The van der Waals surface area contributed by atoms with E-state index in [4.69, 9.17) is 32.7 Å². The van der Waals surface area contributed by atoms with Crippen LogP contribution in [0.25, 0.3) is 0 Å². The quantitative estimate of drug-likeness (QED) is 0.631. The third-order valence-electron chi connectivity index (χ3n) is 3.84. The summed E-state index contributed by atoms with van der Waals surface area (Å²) in [5, 5.41) is 10.1. The topological polar surface area (TPSA) is 76.1 Å². The van der Waals surface area contributed by atoms with Crippen molar-refractivity contribution in [3.8, 4) is 0 Å². The highest BCUT2D eigenvalue weighted by atomic mass is 35.5. The molecule has 2 unspecified atom stereocenters. The Morgan fingerprint density at radius 1 is 1.40 bits per heavy atom. The number of ether oxygens (including phenoxy) is 2. The zero-order valence-corrected chi connectivity index (χ0v) is 15.2. The molecule has 1 aromatic carbocycles. The Hall–Kier alpha value is -1.76. The fourth-order valence-electron chi connectivity index (χ4n) is 2.61. The number of hydrogen-bond donors (Lipinski definition) is 1. The van der Waals surface area contributed by atoms with E-state index in [9.17, 15) is 14.7 Å². The van der Waals surface area contributed by atoms with Gasteiger partial charge in [0.05, 0.1) is 29.4 Å². The molecule has 1 heterocycles. The number of carbonyl (C=O) groups is 2. The number of rotatable bonds is 4. The Bertz CT molecular complexity index is 664. The first-order chi connectivity index (χ1) is 11.9. The summed E-state index contributed by atoms with van der Waals surface area (Å²) in [6.45, 7) is 2.68.